The molecular formula is C25H22N6O. The zero-order valence-electron chi connectivity index (χ0n) is 17.7. The van der Waals surface area contributed by atoms with Gasteiger partial charge in [0.25, 0.3) is 0 Å². The molecule has 0 bridgehead atoms. The number of rotatable bonds is 4. The van der Waals surface area contributed by atoms with Crippen LogP contribution in [0.1, 0.15) is 16.8 Å². The van der Waals surface area contributed by atoms with Crippen LogP contribution in [-0.2, 0) is 24.4 Å². The highest BCUT2D eigenvalue weighted by Crippen LogP contribution is 2.31. The lowest BCUT2D eigenvalue weighted by Gasteiger charge is -2.18. The van der Waals surface area contributed by atoms with Gasteiger partial charge in [0, 0.05) is 18.0 Å². The molecule has 1 amide bonds. The minimum atomic E-state index is 0.0621. The molecule has 0 saturated heterocycles. The van der Waals surface area contributed by atoms with E-state index in [2.05, 4.69) is 28.6 Å². The average Bonchev–Trinajstić information content (AvgIpc) is 3.58. The summed E-state index contributed by atoms with van der Waals surface area (Å²) in [6, 6.07) is 20.1. The number of amides is 1. The number of hydrogen-bond acceptors (Lipinski definition) is 3. The highest BCUT2D eigenvalue weighted by Gasteiger charge is 2.31. The second-order valence-electron chi connectivity index (χ2n) is 8.15. The molecule has 1 aliphatic heterocycles. The van der Waals surface area contributed by atoms with Gasteiger partial charge in [-0.1, -0.05) is 30.3 Å². The Balaban J connectivity index is 1.33. The highest BCUT2D eigenvalue weighted by molar-refractivity contribution is 5.81. The molecule has 0 N–H and O–H groups in total. The van der Waals surface area contributed by atoms with Gasteiger partial charge < -0.3 is 14.0 Å². The lowest BCUT2D eigenvalue weighted by atomic mass is 10.2. The van der Waals surface area contributed by atoms with Crippen molar-refractivity contribution in [3.63, 3.8) is 0 Å². The summed E-state index contributed by atoms with van der Waals surface area (Å²) in [6.07, 6.45) is 5.78. The van der Waals surface area contributed by atoms with Gasteiger partial charge in [-0.3, -0.25) is 4.79 Å². The van der Waals surface area contributed by atoms with E-state index in [0.717, 1.165) is 39.4 Å². The van der Waals surface area contributed by atoms with E-state index in [9.17, 15) is 4.79 Å². The predicted molar refractivity (Wildman–Crippen MR) is 122 cm³/mol. The van der Waals surface area contributed by atoms with Crippen LogP contribution < -0.4 is 0 Å². The maximum absolute atomic E-state index is 13.2. The molecule has 6 rings (SSSR count). The second-order valence-corrected chi connectivity index (χ2v) is 8.15. The SMILES string of the molecule is Cc1ccccc1-n1nc2c(c1-n1cccc1)CN(C(=O)Cn1cnc3ccccc31)C2. The van der Waals surface area contributed by atoms with Crippen LogP contribution in [0.3, 0.4) is 0 Å². The molecule has 5 aromatic rings. The van der Waals surface area contributed by atoms with Gasteiger partial charge in [-0.05, 0) is 42.8 Å². The van der Waals surface area contributed by atoms with E-state index < -0.39 is 0 Å². The number of carbonyl (C=O) groups excluding carboxylic acids is 1. The Hall–Kier alpha value is -4.13. The van der Waals surface area contributed by atoms with E-state index in [1.165, 1.54) is 0 Å². The fourth-order valence-electron chi connectivity index (χ4n) is 4.47. The Morgan fingerprint density at radius 2 is 1.75 bits per heavy atom. The number of para-hydroxylation sites is 3. The summed E-state index contributed by atoms with van der Waals surface area (Å²) in [4.78, 5) is 19.4. The largest absolute Gasteiger partial charge is 0.331 e. The summed E-state index contributed by atoms with van der Waals surface area (Å²) in [5, 5.41) is 4.94. The van der Waals surface area contributed by atoms with Gasteiger partial charge in [0.15, 0.2) is 0 Å². The molecule has 4 heterocycles. The van der Waals surface area contributed by atoms with Gasteiger partial charge >= 0.3 is 0 Å². The van der Waals surface area contributed by atoms with Gasteiger partial charge in [0.2, 0.25) is 5.91 Å². The van der Waals surface area contributed by atoms with Gasteiger partial charge in [-0.2, -0.15) is 5.10 Å². The van der Waals surface area contributed by atoms with Crippen LogP contribution in [0.15, 0.2) is 79.4 Å². The minimum absolute atomic E-state index is 0.0621. The van der Waals surface area contributed by atoms with Crippen LogP contribution >= 0.6 is 0 Å². The van der Waals surface area contributed by atoms with Crippen molar-refractivity contribution >= 4 is 16.9 Å². The zero-order chi connectivity index (χ0) is 21.7. The maximum atomic E-state index is 13.2. The Morgan fingerprint density at radius 3 is 2.59 bits per heavy atom. The summed E-state index contributed by atoms with van der Waals surface area (Å²) < 4.78 is 6.00. The van der Waals surface area contributed by atoms with E-state index >= 15 is 0 Å². The highest BCUT2D eigenvalue weighted by atomic mass is 16.2. The number of imidazole rings is 1. The van der Waals surface area contributed by atoms with E-state index in [1.54, 1.807) is 6.33 Å². The molecule has 7 nitrogen and oxygen atoms in total. The molecule has 32 heavy (non-hydrogen) atoms. The number of fused-ring (bicyclic) bond motifs is 2. The van der Waals surface area contributed by atoms with Gasteiger partial charge in [0.05, 0.1) is 41.8 Å². The van der Waals surface area contributed by atoms with Crippen molar-refractivity contribution in [2.24, 2.45) is 0 Å². The molecule has 0 unspecified atom stereocenters. The van der Waals surface area contributed by atoms with Crippen LogP contribution in [0.2, 0.25) is 0 Å². The Bertz CT molecular complexity index is 1440. The third-order valence-corrected chi connectivity index (χ3v) is 6.11. The minimum Gasteiger partial charge on any atom is -0.331 e. The molecule has 0 atom stereocenters. The molecule has 0 aliphatic carbocycles. The average molecular weight is 422 g/mol. The van der Waals surface area contributed by atoms with E-state index in [0.29, 0.717) is 13.1 Å². The Labute approximate surface area is 185 Å². The smallest absolute Gasteiger partial charge is 0.243 e. The maximum Gasteiger partial charge on any atom is 0.243 e. The topological polar surface area (TPSA) is 60.9 Å². The lowest BCUT2D eigenvalue weighted by molar-refractivity contribution is -0.132. The fraction of sp³-hybridized carbons (Fsp3) is 0.160. The van der Waals surface area contributed by atoms with E-state index in [-0.39, 0.29) is 12.5 Å². The molecule has 158 valence electrons. The first-order valence-corrected chi connectivity index (χ1v) is 10.7. The molecule has 1 aliphatic rings. The number of aromatic nitrogens is 5. The summed E-state index contributed by atoms with van der Waals surface area (Å²) in [7, 11) is 0. The predicted octanol–water partition coefficient (Wildman–Crippen LogP) is 3.86. The zero-order valence-corrected chi connectivity index (χ0v) is 17.7. The standard InChI is InChI=1S/C25H22N6O/c1-18-8-2-4-10-22(18)31-25(28-12-6-7-13-28)19-14-29(15-21(19)27-31)24(32)16-30-17-26-20-9-3-5-11-23(20)30/h2-13,17H,14-16H2,1H3. The Morgan fingerprint density at radius 1 is 0.969 bits per heavy atom. The second kappa shape index (κ2) is 7.23. The molecule has 0 fully saturated rings. The molecule has 0 spiro atoms. The van der Waals surface area contributed by atoms with Crippen LogP contribution in [0, 0.1) is 6.92 Å². The molecular weight excluding hydrogens is 400 g/mol. The summed E-state index contributed by atoms with van der Waals surface area (Å²) in [5.74, 6) is 1.05. The molecule has 7 heteroatoms. The first-order valence-electron chi connectivity index (χ1n) is 10.7. The Kier molecular flexibility index (Phi) is 4.21. The van der Waals surface area contributed by atoms with Crippen molar-refractivity contribution < 1.29 is 4.79 Å². The number of carbonyl (C=O) groups is 1. The summed E-state index contributed by atoms with van der Waals surface area (Å²) >= 11 is 0. The fourth-order valence-corrected chi connectivity index (χ4v) is 4.47. The first kappa shape index (κ1) is 18.6. The van der Waals surface area contributed by atoms with Crippen LogP contribution in [-0.4, -0.2) is 34.7 Å². The van der Waals surface area contributed by atoms with Crippen LogP contribution in [0.25, 0.3) is 22.5 Å². The monoisotopic (exact) mass is 422 g/mol. The van der Waals surface area contributed by atoms with Crippen molar-refractivity contribution in [3.05, 3.63) is 96.2 Å². The molecule has 0 saturated carbocycles. The summed E-state index contributed by atoms with van der Waals surface area (Å²) in [6.45, 7) is 3.41. The quantitative estimate of drug-likeness (QED) is 0.442. The van der Waals surface area contributed by atoms with Gasteiger partial charge in [0.1, 0.15) is 12.4 Å². The first-order chi connectivity index (χ1) is 15.7. The summed E-state index contributed by atoms with van der Waals surface area (Å²) in [5.41, 5.74) is 6.11. The van der Waals surface area contributed by atoms with Crippen molar-refractivity contribution in [1.82, 2.24) is 28.8 Å². The van der Waals surface area contributed by atoms with E-state index in [1.807, 2.05) is 75.1 Å². The lowest BCUT2D eigenvalue weighted by Crippen LogP contribution is -2.29. The number of aryl methyl sites for hydroxylation is 1. The third kappa shape index (κ3) is 2.93. The third-order valence-electron chi connectivity index (χ3n) is 6.11. The van der Waals surface area contributed by atoms with E-state index in [4.69, 9.17) is 5.10 Å². The van der Waals surface area contributed by atoms with Gasteiger partial charge in [-0.25, -0.2) is 9.67 Å². The number of hydrogen-bond donors (Lipinski definition) is 0. The van der Waals surface area contributed by atoms with Crippen LogP contribution in [0.4, 0.5) is 0 Å². The van der Waals surface area contributed by atoms with Crippen molar-refractivity contribution in [1.29, 1.82) is 0 Å². The molecule has 3 aromatic heterocycles. The van der Waals surface area contributed by atoms with Crippen LogP contribution in [0.5, 0.6) is 0 Å². The molecule has 0 radical (unpaired) electrons. The van der Waals surface area contributed by atoms with Crippen molar-refractivity contribution in [3.8, 4) is 11.5 Å². The normalized spacial score (nSPS) is 13.1. The number of benzene rings is 2. The van der Waals surface area contributed by atoms with Crippen molar-refractivity contribution in [2.75, 3.05) is 0 Å². The molecule has 2 aromatic carbocycles. The van der Waals surface area contributed by atoms with Crippen molar-refractivity contribution in [2.45, 2.75) is 26.6 Å². The van der Waals surface area contributed by atoms with Gasteiger partial charge in [-0.15, -0.1) is 0 Å². The number of nitrogens with zero attached hydrogens (tertiary/aromatic N) is 6.